The number of nitrogens with zero attached hydrogens (tertiary/aromatic N) is 2. The van der Waals surface area contributed by atoms with E-state index in [1.807, 2.05) is 18.2 Å². The summed E-state index contributed by atoms with van der Waals surface area (Å²) in [7, 11) is 7.72. The Hall–Kier alpha value is -2.40. The van der Waals surface area contributed by atoms with E-state index in [1.54, 1.807) is 14.2 Å². The van der Waals surface area contributed by atoms with E-state index < -0.39 is 0 Å². The van der Waals surface area contributed by atoms with Crippen LogP contribution in [0.5, 0.6) is 11.5 Å². The topological polar surface area (TPSA) is 38.7 Å². The molecule has 5 nitrogen and oxygen atoms in total. The highest BCUT2D eigenvalue weighted by molar-refractivity contribution is 5.59. The predicted octanol–water partition coefficient (Wildman–Crippen LogP) is 2.30. The van der Waals surface area contributed by atoms with Gasteiger partial charge in [0, 0.05) is 30.3 Å². The van der Waals surface area contributed by atoms with E-state index in [0.717, 1.165) is 23.6 Å². The average molecular weight is 382 g/mol. The van der Waals surface area contributed by atoms with Crippen LogP contribution >= 0.6 is 0 Å². The van der Waals surface area contributed by atoms with E-state index >= 15 is 0 Å². The summed E-state index contributed by atoms with van der Waals surface area (Å²) in [6, 6.07) is 6.25. The fourth-order valence-corrected chi connectivity index (χ4v) is 4.50. The molecule has 2 heterocycles. The lowest BCUT2D eigenvalue weighted by molar-refractivity contribution is 0.255. The van der Waals surface area contributed by atoms with Crippen LogP contribution in [0.2, 0.25) is 0 Å². The predicted molar refractivity (Wildman–Crippen MR) is 115 cm³/mol. The number of hydrogen-bond acceptors (Lipinski definition) is 4. The first-order chi connectivity index (χ1) is 13.6. The molecule has 5 heteroatoms. The summed E-state index contributed by atoms with van der Waals surface area (Å²) in [5.41, 5.74) is 2.58. The van der Waals surface area contributed by atoms with Gasteiger partial charge in [0.2, 0.25) is 0 Å². The van der Waals surface area contributed by atoms with Crippen LogP contribution in [-0.4, -0.2) is 49.9 Å². The summed E-state index contributed by atoms with van der Waals surface area (Å²) < 4.78 is 13.1. The molecule has 0 bridgehead atoms. The van der Waals surface area contributed by atoms with Crippen molar-refractivity contribution in [1.29, 1.82) is 0 Å². The molecule has 1 aromatic heterocycles. The molecule has 1 fully saturated rings. The highest BCUT2D eigenvalue weighted by Crippen LogP contribution is 2.30. The maximum absolute atomic E-state index is 5.43. The van der Waals surface area contributed by atoms with Crippen molar-refractivity contribution in [3.8, 4) is 11.5 Å². The summed E-state index contributed by atoms with van der Waals surface area (Å²) in [6.07, 6.45) is 10.6. The molecule has 0 saturated carbocycles. The van der Waals surface area contributed by atoms with Gasteiger partial charge in [0.1, 0.15) is 0 Å². The Morgan fingerprint density at radius 1 is 1.04 bits per heavy atom. The molecule has 1 aliphatic heterocycles. The van der Waals surface area contributed by atoms with E-state index in [0.29, 0.717) is 5.92 Å². The number of benzene rings is 1. The summed E-state index contributed by atoms with van der Waals surface area (Å²) in [5.74, 6) is 2.18. The van der Waals surface area contributed by atoms with Crippen molar-refractivity contribution in [2.45, 2.75) is 31.2 Å². The minimum absolute atomic E-state index is 0.268. The number of nitrogens with one attached hydrogen (secondary N) is 1. The fourth-order valence-electron chi connectivity index (χ4n) is 4.50. The van der Waals surface area contributed by atoms with Crippen molar-refractivity contribution in [3.63, 3.8) is 0 Å². The van der Waals surface area contributed by atoms with Crippen LogP contribution in [0.25, 0.3) is 12.2 Å². The molecule has 1 saturated heterocycles. The number of rotatable bonds is 5. The van der Waals surface area contributed by atoms with Crippen LogP contribution in [-0.2, 0) is 7.05 Å². The highest BCUT2D eigenvalue weighted by atomic mass is 16.5. The number of likely N-dealkylation sites (tertiary alicyclic amines) is 1. The Balaban J connectivity index is 1.57. The Labute approximate surface area is 167 Å². The molecule has 1 aromatic carbocycles. The summed E-state index contributed by atoms with van der Waals surface area (Å²) in [6.45, 7) is 2.39. The van der Waals surface area contributed by atoms with E-state index in [-0.39, 0.29) is 6.04 Å². The van der Waals surface area contributed by atoms with Crippen molar-refractivity contribution < 1.29 is 9.47 Å². The van der Waals surface area contributed by atoms with Crippen molar-refractivity contribution in [3.05, 3.63) is 40.5 Å². The first-order valence-corrected chi connectivity index (χ1v) is 10.1. The van der Waals surface area contributed by atoms with Gasteiger partial charge in [-0.3, -0.25) is 0 Å². The van der Waals surface area contributed by atoms with Crippen molar-refractivity contribution in [2.75, 3.05) is 39.7 Å². The van der Waals surface area contributed by atoms with Crippen molar-refractivity contribution >= 4 is 17.8 Å². The molecule has 0 spiro atoms. The van der Waals surface area contributed by atoms with E-state index in [2.05, 4.69) is 47.2 Å². The molecule has 2 aliphatic rings. The van der Waals surface area contributed by atoms with Gasteiger partial charge in [-0.2, -0.15) is 0 Å². The second-order valence-corrected chi connectivity index (χ2v) is 8.00. The SMILES string of the molecule is COc1ccc(NC2C=c3c(c(C4CCN(C)CC4)cn3C)=CC2)cc1OC. The largest absolute Gasteiger partial charge is 0.493 e. The van der Waals surface area contributed by atoms with Crippen molar-refractivity contribution in [2.24, 2.45) is 7.05 Å². The molecule has 4 rings (SSSR count). The fraction of sp³-hybridized carbons (Fsp3) is 0.478. The lowest BCUT2D eigenvalue weighted by Crippen LogP contribution is -2.38. The third-order valence-corrected chi connectivity index (χ3v) is 6.13. The molecule has 0 amide bonds. The Bertz CT molecular complexity index is 955. The molecule has 150 valence electrons. The smallest absolute Gasteiger partial charge is 0.162 e. The molecule has 28 heavy (non-hydrogen) atoms. The summed E-state index contributed by atoms with van der Waals surface area (Å²) >= 11 is 0. The van der Waals surface area contributed by atoms with Crippen LogP contribution in [0.3, 0.4) is 0 Å². The van der Waals surface area contributed by atoms with Crippen LogP contribution < -0.4 is 25.4 Å². The molecule has 1 atom stereocenters. The van der Waals surface area contributed by atoms with Crippen LogP contribution in [0, 0.1) is 0 Å². The minimum Gasteiger partial charge on any atom is -0.493 e. The lowest BCUT2D eigenvalue weighted by atomic mass is 9.89. The zero-order chi connectivity index (χ0) is 19.7. The Morgan fingerprint density at radius 3 is 2.50 bits per heavy atom. The van der Waals surface area contributed by atoms with Crippen LogP contribution in [0.15, 0.2) is 24.4 Å². The van der Waals surface area contributed by atoms with Gasteiger partial charge in [-0.25, -0.2) is 0 Å². The first-order valence-electron chi connectivity index (χ1n) is 10.1. The van der Waals surface area contributed by atoms with E-state index in [9.17, 15) is 0 Å². The number of fused-ring (bicyclic) bond motifs is 1. The number of aryl methyl sites for hydroxylation is 1. The standard InChI is InChI=1S/C23H31N3O2/c1-25-11-9-16(10-12-25)20-15-26(2)21-13-17(5-7-19(20)21)24-18-6-8-22(27-3)23(14-18)28-4/h6-8,13-17,24H,5,9-12H2,1-4H3. The number of hydrogen-bond donors (Lipinski definition) is 1. The number of methoxy groups -OCH3 is 2. The quantitative estimate of drug-likeness (QED) is 0.863. The zero-order valence-electron chi connectivity index (χ0n) is 17.4. The van der Waals surface area contributed by atoms with Gasteiger partial charge < -0.3 is 24.3 Å². The number of piperidine rings is 1. The molecular formula is C23H31N3O2. The number of aromatic nitrogens is 1. The molecule has 1 unspecified atom stereocenters. The van der Waals surface area contributed by atoms with Gasteiger partial charge in [-0.1, -0.05) is 6.08 Å². The van der Waals surface area contributed by atoms with Gasteiger partial charge in [0.15, 0.2) is 11.5 Å². The second kappa shape index (κ2) is 7.92. The van der Waals surface area contributed by atoms with E-state index in [4.69, 9.17) is 9.47 Å². The molecular weight excluding hydrogens is 350 g/mol. The molecule has 1 N–H and O–H groups in total. The number of ether oxygens (including phenoxy) is 2. The van der Waals surface area contributed by atoms with Gasteiger partial charge >= 0.3 is 0 Å². The van der Waals surface area contributed by atoms with Crippen molar-refractivity contribution in [1.82, 2.24) is 9.47 Å². The molecule has 1 aliphatic carbocycles. The maximum Gasteiger partial charge on any atom is 0.162 e. The van der Waals surface area contributed by atoms with Gasteiger partial charge in [-0.15, -0.1) is 0 Å². The Morgan fingerprint density at radius 2 is 1.79 bits per heavy atom. The third kappa shape index (κ3) is 3.63. The summed E-state index contributed by atoms with van der Waals surface area (Å²) in [5, 5.41) is 6.41. The summed E-state index contributed by atoms with van der Waals surface area (Å²) in [4.78, 5) is 2.44. The lowest BCUT2D eigenvalue weighted by Gasteiger charge is -2.28. The highest BCUT2D eigenvalue weighted by Gasteiger charge is 2.22. The minimum atomic E-state index is 0.268. The second-order valence-electron chi connectivity index (χ2n) is 8.00. The van der Waals surface area contributed by atoms with Crippen LogP contribution in [0.1, 0.15) is 30.7 Å². The molecule has 2 aromatic rings. The monoisotopic (exact) mass is 381 g/mol. The van der Waals surface area contributed by atoms with E-state index in [1.165, 1.54) is 42.1 Å². The van der Waals surface area contributed by atoms with Gasteiger partial charge in [0.25, 0.3) is 0 Å². The van der Waals surface area contributed by atoms with Gasteiger partial charge in [0.05, 0.1) is 20.3 Å². The van der Waals surface area contributed by atoms with Gasteiger partial charge in [-0.05, 0) is 74.3 Å². The molecule has 0 radical (unpaired) electrons. The van der Waals surface area contributed by atoms with Crippen LogP contribution in [0.4, 0.5) is 5.69 Å². The maximum atomic E-state index is 5.43. The normalized spacial score (nSPS) is 20.1. The zero-order valence-corrected chi connectivity index (χ0v) is 17.4. The average Bonchev–Trinajstić information content (AvgIpc) is 3.04. The third-order valence-electron chi connectivity index (χ3n) is 6.13. The number of anilines is 1. The first kappa shape index (κ1) is 18.9. The Kier molecular flexibility index (Phi) is 5.36.